The quantitative estimate of drug-likeness (QED) is 0.616. The van der Waals surface area contributed by atoms with E-state index in [2.05, 4.69) is 46.1 Å². The largest absolute Gasteiger partial charge is 0.349 e. The number of hydrogen-bond acceptors (Lipinski definition) is 5. The van der Waals surface area contributed by atoms with Crippen molar-refractivity contribution in [2.24, 2.45) is 7.05 Å². The molecule has 1 fully saturated rings. The van der Waals surface area contributed by atoms with Gasteiger partial charge in [0.2, 0.25) is 5.82 Å². The third-order valence-electron chi connectivity index (χ3n) is 4.74. The number of anilines is 1. The van der Waals surface area contributed by atoms with E-state index in [1.54, 1.807) is 11.7 Å². The topological polar surface area (TPSA) is 67.4 Å². The van der Waals surface area contributed by atoms with E-state index in [1.807, 2.05) is 6.92 Å². The molecule has 2 heterocycles. The van der Waals surface area contributed by atoms with E-state index in [9.17, 15) is 10.1 Å². The summed E-state index contributed by atoms with van der Waals surface area (Å²) >= 11 is 0. The Hall–Kier alpha value is -2.41. The van der Waals surface area contributed by atoms with Gasteiger partial charge in [-0.3, -0.25) is 15.0 Å². The van der Waals surface area contributed by atoms with E-state index in [1.165, 1.54) is 11.1 Å². The first-order valence-corrected chi connectivity index (χ1v) is 8.72. The molecule has 0 unspecified atom stereocenters. The van der Waals surface area contributed by atoms with Crippen LogP contribution in [0.1, 0.15) is 23.7 Å². The zero-order valence-corrected chi connectivity index (χ0v) is 15.1. The third-order valence-corrected chi connectivity index (χ3v) is 4.74. The van der Waals surface area contributed by atoms with Crippen LogP contribution in [0.15, 0.2) is 24.3 Å². The van der Waals surface area contributed by atoms with Crippen LogP contribution < -0.4 is 4.90 Å². The van der Waals surface area contributed by atoms with Gasteiger partial charge in [0.05, 0.1) is 4.92 Å². The Morgan fingerprint density at radius 2 is 1.96 bits per heavy atom. The van der Waals surface area contributed by atoms with Gasteiger partial charge in [-0.15, -0.1) is 0 Å². The molecule has 0 atom stereocenters. The van der Waals surface area contributed by atoms with E-state index >= 15 is 0 Å². The first-order chi connectivity index (χ1) is 12.0. The number of rotatable bonds is 5. The van der Waals surface area contributed by atoms with Crippen molar-refractivity contribution in [2.75, 3.05) is 31.1 Å². The van der Waals surface area contributed by atoms with Crippen molar-refractivity contribution in [1.29, 1.82) is 0 Å². The van der Waals surface area contributed by atoms with Crippen LogP contribution in [-0.2, 0) is 20.0 Å². The maximum Gasteiger partial charge on any atom is 0.334 e. The Morgan fingerprint density at radius 3 is 2.56 bits per heavy atom. The molecular weight excluding hydrogens is 318 g/mol. The summed E-state index contributed by atoms with van der Waals surface area (Å²) in [7, 11) is 1.79. The minimum absolute atomic E-state index is 0.164. The molecular formula is C18H25N5O2. The average Bonchev–Trinajstić information content (AvgIpc) is 2.92. The minimum atomic E-state index is -0.291. The molecule has 0 saturated carbocycles. The predicted octanol–water partition coefficient (Wildman–Crippen LogP) is 2.52. The lowest BCUT2D eigenvalue weighted by molar-refractivity contribution is -0.384. The van der Waals surface area contributed by atoms with Crippen LogP contribution in [0.25, 0.3) is 0 Å². The highest BCUT2D eigenvalue weighted by Gasteiger charge is 2.31. The Balaban J connectivity index is 1.70. The van der Waals surface area contributed by atoms with Crippen LogP contribution in [0.5, 0.6) is 0 Å². The normalized spacial score (nSPS) is 15.6. The van der Waals surface area contributed by atoms with Crippen LogP contribution in [0.4, 0.5) is 11.5 Å². The predicted molar refractivity (Wildman–Crippen MR) is 97.9 cm³/mol. The van der Waals surface area contributed by atoms with Crippen molar-refractivity contribution >= 4 is 11.5 Å². The Bertz CT molecular complexity index is 763. The third kappa shape index (κ3) is 3.66. The molecule has 3 rings (SSSR count). The van der Waals surface area contributed by atoms with Crippen LogP contribution >= 0.6 is 0 Å². The Labute approximate surface area is 148 Å². The number of hydrogen-bond donors (Lipinski definition) is 0. The van der Waals surface area contributed by atoms with Gasteiger partial charge in [-0.25, -0.2) is 4.68 Å². The zero-order chi connectivity index (χ0) is 18.0. The van der Waals surface area contributed by atoms with E-state index in [4.69, 9.17) is 0 Å². The van der Waals surface area contributed by atoms with Crippen molar-refractivity contribution in [3.63, 3.8) is 0 Å². The van der Waals surface area contributed by atoms with Crippen LogP contribution in [0.2, 0.25) is 0 Å². The first kappa shape index (κ1) is 17.4. The number of aromatic nitrogens is 2. The highest BCUT2D eigenvalue weighted by molar-refractivity contribution is 5.61. The molecule has 7 nitrogen and oxygen atoms in total. The fraction of sp³-hybridized carbons (Fsp3) is 0.500. The maximum atomic E-state index is 11.5. The van der Waals surface area contributed by atoms with Gasteiger partial charge in [-0.2, -0.15) is 5.10 Å². The maximum absolute atomic E-state index is 11.5. The highest BCUT2D eigenvalue weighted by Crippen LogP contribution is 2.32. The molecule has 1 aromatic carbocycles. The molecule has 0 amide bonds. The highest BCUT2D eigenvalue weighted by atomic mass is 16.6. The van der Waals surface area contributed by atoms with Crippen LogP contribution in [0.3, 0.4) is 0 Å². The van der Waals surface area contributed by atoms with Crippen molar-refractivity contribution in [1.82, 2.24) is 14.7 Å². The summed E-state index contributed by atoms with van der Waals surface area (Å²) in [5.74, 6) is 0.636. The summed E-state index contributed by atoms with van der Waals surface area (Å²) < 4.78 is 1.66. The van der Waals surface area contributed by atoms with Crippen molar-refractivity contribution in [3.05, 3.63) is 51.2 Å². The van der Waals surface area contributed by atoms with Gasteiger partial charge < -0.3 is 4.90 Å². The number of benzene rings is 1. The monoisotopic (exact) mass is 343 g/mol. The lowest BCUT2D eigenvalue weighted by Gasteiger charge is -2.35. The molecule has 0 radical (unpaired) electrons. The van der Waals surface area contributed by atoms with Crippen LogP contribution in [0, 0.1) is 17.0 Å². The molecule has 1 aliphatic rings. The molecule has 7 heteroatoms. The molecule has 1 aliphatic heterocycles. The summed E-state index contributed by atoms with van der Waals surface area (Å²) in [6, 6.07) is 8.56. The molecule has 1 saturated heterocycles. The van der Waals surface area contributed by atoms with Crippen molar-refractivity contribution in [3.8, 4) is 0 Å². The second-order valence-corrected chi connectivity index (χ2v) is 6.61. The summed E-state index contributed by atoms with van der Waals surface area (Å²) in [6.45, 7) is 8.25. The van der Waals surface area contributed by atoms with E-state index in [0.717, 1.165) is 32.7 Å². The SMILES string of the molecule is CCc1nn(C)c(N2CCN(Cc3cccc(C)c3)CC2)c1[N+](=O)[O-]. The van der Waals surface area contributed by atoms with Gasteiger partial charge in [0.25, 0.3) is 0 Å². The smallest absolute Gasteiger partial charge is 0.334 e. The second kappa shape index (κ2) is 7.23. The standard InChI is InChI=1S/C18H25N5O2/c1-4-16-17(23(24)25)18(20(3)19-16)22-10-8-21(9-11-22)13-15-7-5-6-14(2)12-15/h5-7,12H,4,8-11,13H2,1-3H3. The molecule has 0 bridgehead atoms. The molecule has 25 heavy (non-hydrogen) atoms. The van der Waals surface area contributed by atoms with Gasteiger partial charge in [-0.05, 0) is 18.9 Å². The Morgan fingerprint density at radius 1 is 1.24 bits per heavy atom. The van der Waals surface area contributed by atoms with E-state index < -0.39 is 0 Å². The molecule has 134 valence electrons. The van der Waals surface area contributed by atoms with Crippen molar-refractivity contribution < 1.29 is 4.92 Å². The number of nitrogens with zero attached hydrogens (tertiary/aromatic N) is 5. The summed E-state index contributed by atoms with van der Waals surface area (Å²) in [6.07, 6.45) is 0.567. The summed E-state index contributed by atoms with van der Waals surface area (Å²) in [4.78, 5) is 15.7. The fourth-order valence-electron chi connectivity index (χ4n) is 3.52. The van der Waals surface area contributed by atoms with Gasteiger partial charge in [-0.1, -0.05) is 36.8 Å². The van der Waals surface area contributed by atoms with Gasteiger partial charge in [0.15, 0.2) is 0 Å². The molecule has 2 aromatic rings. The van der Waals surface area contributed by atoms with Gasteiger partial charge in [0, 0.05) is 39.8 Å². The lowest BCUT2D eigenvalue weighted by atomic mass is 10.1. The van der Waals surface area contributed by atoms with Gasteiger partial charge in [0.1, 0.15) is 5.69 Å². The van der Waals surface area contributed by atoms with E-state index in [0.29, 0.717) is 17.9 Å². The zero-order valence-electron chi connectivity index (χ0n) is 15.1. The average molecular weight is 343 g/mol. The second-order valence-electron chi connectivity index (χ2n) is 6.61. The van der Waals surface area contributed by atoms with Crippen molar-refractivity contribution in [2.45, 2.75) is 26.8 Å². The lowest BCUT2D eigenvalue weighted by Crippen LogP contribution is -2.46. The fourth-order valence-corrected chi connectivity index (χ4v) is 3.52. The number of aryl methyl sites for hydroxylation is 3. The number of piperazine rings is 1. The molecule has 1 aromatic heterocycles. The molecule has 0 spiro atoms. The first-order valence-electron chi connectivity index (χ1n) is 8.72. The van der Waals surface area contributed by atoms with E-state index in [-0.39, 0.29) is 10.6 Å². The molecule has 0 N–H and O–H groups in total. The van der Waals surface area contributed by atoms with Gasteiger partial charge >= 0.3 is 5.69 Å². The molecule has 0 aliphatic carbocycles. The Kier molecular flexibility index (Phi) is 5.03. The summed E-state index contributed by atoms with van der Waals surface area (Å²) in [5, 5.41) is 15.9. The number of nitro groups is 1. The van der Waals surface area contributed by atoms with Crippen LogP contribution in [-0.4, -0.2) is 45.8 Å². The minimum Gasteiger partial charge on any atom is -0.349 e. The summed E-state index contributed by atoms with van der Waals surface area (Å²) in [5.41, 5.74) is 3.31.